The Balaban J connectivity index is 2.78. The molecule has 0 radical (unpaired) electrons. The van der Waals surface area contributed by atoms with Crippen molar-refractivity contribution in [3.05, 3.63) is 40.9 Å². The highest BCUT2D eigenvalue weighted by atomic mass is 35.5. The number of ether oxygens (including phenoxy) is 1. The minimum atomic E-state index is 0.507. The number of methoxy groups -OCH3 is 1. The number of hydrogen-bond donors (Lipinski definition) is 0. The minimum absolute atomic E-state index is 0.507. The first-order valence-electron chi connectivity index (χ1n) is 5.66. The molecule has 0 aromatic heterocycles. The lowest BCUT2D eigenvalue weighted by Gasteiger charge is -2.11. The Kier molecular flexibility index (Phi) is 5.41. The predicted octanol–water partition coefficient (Wildman–Crippen LogP) is 4.49. The van der Waals surface area contributed by atoms with Crippen molar-refractivity contribution in [2.75, 3.05) is 7.11 Å². The van der Waals surface area contributed by atoms with Crippen LogP contribution in [0.4, 0.5) is 0 Å². The number of hydrogen-bond acceptors (Lipinski definition) is 1. The van der Waals surface area contributed by atoms with Crippen LogP contribution in [0.1, 0.15) is 25.8 Å². The average Bonchev–Trinajstić information content (AvgIpc) is 2.27. The van der Waals surface area contributed by atoms with Gasteiger partial charge in [0.25, 0.3) is 0 Å². The molecule has 0 spiro atoms. The number of allylic oxidation sites excluding steroid dienone is 2. The van der Waals surface area contributed by atoms with Gasteiger partial charge in [0.2, 0.25) is 0 Å². The van der Waals surface area contributed by atoms with Gasteiger partial charge < -0.3 is 4.74 Å². The minimum Gasteiger partial charge on any atom is -0.496 e. The van der Waals surface area contributed by atoms with Crippen molar-refractivity contribution in [2.45, 2.75) is 26.7 Å². The molecule has 2 heteroatoms. The average molecular weight is 239 g/mol. The van der Waals surface area contributed by atoms with Crippen LogP contribution < -0.4 is 4.74 Å². The van der Waals surface area contributed by atoms with Crippen molar-refractivity contribution in [1.29, 1.82) is 0 Å². The first kappa shape index (κ1) is 13.1. The SMILES string of the molecule is CC/C=C\C(C)Cc1cc(Cl)ccc1OC. The Labute approximate surface area is 103 Å². The molecule has 1 rings (SSSR count). The van der Waals surface area contributed by atoms with E-state index < -0.39 is 0 Å². The van der Waals surface area contributed by atoms with Gasteiger partial charge in [-0.2, -0.15) is 0 Å². The fourth-order valence-electron chi connectivity index (χ4n) is 1.69. The van der Waals surface area contributed by atoms with Gasteiger partial charge in [-0.25, -0.2) is 0 Å². The molecule has 0 amide bonds. The Hall–Kier alpha value is -0.950. The molecule has 1 aromatic carbocycles. The summed E-state index contributed by atoms with van der Waals surface area (Å²) < 4.78 is 5.32. The maximum absolute atomic E-state index is 5.99. The van der Waals surface area contributed by atoms with E-state index in [1.165, 1.54) is 5.56 Å². The zero-order chi connectivity index (χ0) is 12.0. The Bertz CT molecular complexity index is 358. The molecule has 0 fully saturated rings. The number of halogens is 1. The molecule has 0 aliphatic carbocycles. The summed E-state index contributed by atoms with van der Waals surface area (Å²) in [6.07, 6.45) is 6.47. The molecule has 0 saturated carbocycles. The molecule has 0 N–H and O–H groups in total. The molecule has 0 bridgehead atoms. The van der Waals surface area contributed by atoms with E-state index in [0.29, 0.717) is 5.92 Å². The maximum atomic E-state index is 5.99. The molecule has 0 aliphatic heterocycles. The standard InChI is InChI=1S/C14H19ClO/c1-4-5-6-11(2)9-12-10-13(15)7-8-14(12)16-3/h5-8,10-11H,4,9H2,1-3H3/b6-5-. The molecule has 1 nitrogen and oxygen atoms in total. The lowest BCUT2D eigenvalue weighted by molar-refractivity contribution is 0.408. The molecule has 1 unspecified atom stereocenters. The second-order valence-corrected chi connectivity index (χ2v) is 4.41. The van der Waals surface area contributed by atoms with E-state index in [0.717, 1.165) is 23.6 Å². The Morgan fingerprint density at radius 3 is 2.81 bits per heavy atom. The first-order chi connectivity index (χ1) is 7.67. The van der Waals surface area contributed by atoms with Gasteiger partial charge in [-0.05, 0) is 42.5 Å². The largest absolute Gasteiger partial charge is 0.496 e. The third-order valence-corrected chi connectivity index (χ3v) is 2.72. The van der Waals surface area contributed by atoms with Crippen LogP contribution in [-0.4, -0.2) is 7.11 Å². The summed E-state index contributed by atoms with van der Waals surface area (Å²) in [5.74, 6) is 1.42. The molecule has 0 aliphatic rings. The summed E-state index contributed by atoms with van der Waals surface area (Å²) in [6, 6.07) is 5.76. The van der Waals surface area contributed by atoms with E-state index in [-0.39, 0.29) is 0 Å². The van der Waals surface area contributed by atoms with E-state index >= 15 is 0 Å². The second-order valence-electron chi connectivity index (χ2n) is 3.97. The normalized spacial score (nSPS) is 13.0. The highest BCUT2D eigenvalue weighted by Crippen LogP contribution is 2.25. The smallest absolute Gasteiger partial charge is 0.122 e. The molecule has 16 heavy (non-hydrogen) atoms. The molecule has 0 saturated heterocycles. The van der Waals surface area contributed by atoms with Crippen LogP contribution in [-0.2, 0) is 6.42 Å². The lowest BCUT2D eigenvalue weighted by Crippen LogP contribution is -1.99. The molecule has 0 heterocycles. The van der Waals surface area contributed by atoms with E-state index in [9.17, 15) is 0 Å². The Morgan fingerprint density at radius 2 is 2.19 bits per heavy atom. The van der Waals surface area contributed by atoms with Crippen LogP contribution in [0.15, 0.2) is 30.4 Å². The number of benzene rings is 1. The van der Waals surface area contributed by atoms with Crippen LogP contribution in [0, 0.1) is 5.92 Å². The Morgan fingerprint density at radius 1 is 1.44 bits per heavy atom. The zero-order valence-electron chi connectivity index (χ0n) is 10.2. The van der Waals surface area contributed by atoms with Gasteiger partial charge in [0, 0.05) is 5.02 Å². The van der Waals surface area contributed by atoms with Crippen LogP contribution in [0.25, 0.3) is 0 Å². The number of rotatable bonds is 5. The van der Waals surface area contributed by atoms with Crippen LogP contribution in [0.2, 0.25) is 5.02 Å². The van der Waals surface area contributed by atoms with Gasteiger partial charge in [-0.15, -0.1) is 0 Å². The van der Waals surface area contributed by atoms with Crippen LogP contribution >= 0.6 is 11.6 Å². The van der Waals surface area contributed by atoms with Gasteiger partial charge in [-0.1, -0.05) is 37.6 Å². The fourth-order valence-corrected chi connectivity index (χ4v) is 1.88. The van der Waals surface area contributed by atoms with E-state index in [4.69, 9.17) is 16.3 Å². The van der Waals surface area contributed by atoms with Crippen LogP contribution in [0.5, 0.6) is 5.75 Å². The summed E-state index contributed by atoms with van der Waals surface area (Å²) in [7, 11) is 1.69. The summed E-state index contributed by atoms with van der Waals surface area (Å²) in [5, 5.41) is 0.766. The summed E-state index contributed by atoms with van der Waals surface area (Å²) in [6.45, 7) is 4.34. The highest BCUT2D eigenvalue weighted by Gasteiger charge is 2.06. The summed E-state index contributed by atoms with van der Waals surface area (Å²) >= 11 is 5.99. The van der Waals surface area contributed by atoms with Gasteiger partial charge in [0.1, 0.15) is 5.75 Å². The molecule has 1 atom stereocenters. The van der Waals surface area contributed by atoms with E-state index in [2.05, 4.69) is 26.0 Å². The third kappa shape index (κ3) is 3.90. The molecule has 88 valence electrons. The quantitative estimate of drug-likeness (QED) is 0.687. The first-order valence-corrected chi connectivity index (χ1v) is 6.04. The van der Waals surface area contributed by atoms with Gasteiger partial charge in [-0.3, -0.25) is 0 Å². The van der Waals surface area contributed by atoms with Gasteiger partial charge >= 0.3 is 0 Å². The molecule has 1 aromatic rings. The lowest BCUT2D eigenvalue weighted by atomic mass is 9.99. The van der Waals surface area contributed by atoms with Crippen molar-refractivity contribution in [3.8, 4) is 5.75 Å². The van der Waals surface area contributed by atoms with Gasteiger partial charge in [0.05, 0.1) is 7.11 Å². The van der Waals surface area contributed by atoms with Crippen molar-refractivity contribution in [2.24, 2.45) is 5.92 Å². The van der Waals surface area contributed by atoms with Crippen molar-refractivity contribution in [3.63, 3.8) is 0 Å². The van der Waals surface area contributed by atoms with Crippen molar-refractivity contribution in [1.82, 2.24) is 0 Å². The van der Waals surface area contributed by atoms with E-state index in [1.54, 1.807) is 7.11 Å². The summed E-state index contributed by atoms with van der Waals surface area (Å²) in [4.78, 5) is 0. The molecular formula is C14H19ClO. The van der Waals surface area contributed by atoms with Crippen molar-refractivity contribution >= 4 is 11.6 Å². The maximum Gasteiger partial charge on any atom is 0.122 e. The zero-order valence-corrected chi connectivity index (χ0v) is 10.9. The van der Waals surface area contributed by atoms with Crippen molar-refractivity contribution < 1.29 is 4.74 Å². The monoisotopic (exact) mass is 238 g/mol. The highest BCUT2D eigenvalue weighted by molar-refractivity contribution is 6.30. The second kappa shape index (κ2) is 6.59. The molecular weight excluding hydrogens is 220 g/mol. The van der Waals surface area contributed by atoms with Gasteiger partial charge in [0.15, 0.2) is 0 Å². The topological polar surface area (TPSA) is 9.23 Å². The van der Waals surface area contributed by atoms with E-state index in [1.807, 2.05) is 18.2 Å². The predicted molar refractivity (Wildman–Crippen MR) is 70.3 cm³/mol. The summed E-state index contributed by atoms with van der Waals surface area (Å²) in [5.41, 5.74) is 1.17. The fraction of sp³-hybridized carbons (Fsp3) is 0.429. The third-order valence-electron chi connectivity index (χ3n) is 2.48. The van der Waals surface area contributed by atoms with Crippen LogP contribution in [0.3, 0.4) is 0 Å².